The van der Waals surface area contributed by atoms with Gasteiger partial charge in [0.2, 0.25) is 0 Å². The topological polar surface area (TPSA) is 42.4 Å². The Hall–Kier alpha value is -1.61. The first-order chi connectivity index (χ1) is 9.24. The van der Waals surface area contributed by atoms with E-state index in [0.717, 1.165) is 23.1 Å². The average Bonchev–Trinajstić information content (AvgIpc) is 2.44. The number of rotatable bonds is 6. The second-order valence-electron chi connectivity index (χ2n) is 4.99. The van der Waals surface area contributed by atoms with Gasteiger partial charge < -0.3 is 9.84 Å². The summed E-state index contributed by atoms with van der Waals surface area (Å²) in [6, 6.07) is 9.70. The number of pyridine rings is 1. The van der Waals surface area contributed by atoms with Crippen LogP contribution in [0.15, 0.2) is 30.3 Å². The lowest BCUT2D eigenvalue weighted by atomic mass is 10.1. The van der Waals surface area contributed by atoms with E-state index < -0.39 is 0 Å². The maximum atomic E-state index is 9.27. The number of nitrogens with zero attached hydrogens (tertiary/aromatic N) is 1. The van der Waals surface area contributed by atoms with Gasteiger partial charge in [0.15, 0.2) is 0 Å². The van der Waals surface area contributed by atoms with Crippen molar-refractivity contribution in [3.05, 3.63) is 36.0 Å². The third-order valence-electron chi connectivity index (χ3n) is 3.20. The van der Waals surface area contributed by atoms with E-state index in [-0.39, 0.29) is 6.61 Å². The van der Waals surface area contributed by atoms with Crippen LogP contribution in [0.25, 0.3) is 10.9 Å². The predicted molar refractivity (Wildman–Crippen MR) is 77.2 cm³/mol. The second-order valence-corrected chi connectivity index (χ2v) is 4.99. The number of aromatic nitrogens is 1. The van der Waals surface area contributed by atoms with E-state index in [1.807, 2.05) is 30.3 Å². The molecule has 0 amide bonds. The molecule has 19 heavy (non-hydrogen) atoms. The molecule has 0 saturated carbocycles. The number of aliphatic hydroxyl groups excluding tert-OH is 1. The number of hydrogen-bond acceptors (Lipinski definition) is 3. The zero-order valence-corrected chi connectivity index (χ0v) is 11.6. The van der Waals surface area contributed by atoms with Gasteiger partial charge >= 0.3 is 0 Å². The predicted octanol–water partition coefficient (Wildman–Crippen LogP) is 3.54. The molecule has 0 fully saturated rings. The Morgan fingerprint density at radius 3 is 2.84 bits per heavy atom. The van der Waals surface area contributed by atoms with E-state index >= 15 is 0 Å². The largest absolute Gasteiger partial charge is 0.493 e. The third kappa shape index (κ3) is 3.44. The molecule has 2 rings (SSSR count). The summed E-state index contributed by atoms with van der Waals surface area (Å²) in [5.74, 6) is 1.35. The maximum absolute atomic E-state index is 9.27. The monoisotopic (exact) mass is 259 g/mol. The molecule has 3 nitrogen and oxygen atoms in total. The Kier molecular flexibility index (Phi) is 4.74. The van der Waals surface area contributed by atoms with Gasteiger partial charge in [-0.25, -0.2) is 0 Å². The molecule has 0 radical (unpaired) electrons. The molecule has 0 bridgehead atoms. The Bertz CT molecular complexity index is 539. The van der Waals surface area contributed by atoms with Crippen LogP contribution in [0.4, 0.5) is 0 Å². The normalized spacial score (nSPS) is 12.6. The van der Waals surface area contributed by atoms with E-state index in [1.54, 1.807) is 0 Å². The van der Waals surface area contributed by atoms with Gasteiger partial charge in [0.05, 0.1) is 24.4 Å². The summed E-state index contributed by atoms with van der Waals surface area (Å²) >= 11 is 0. The van der Waals surface area contributed by atoms with Crippen LogP contribution in [0.2, 0.25) is 0 Å². The first-order valence-corrected chi connectivity index (χ1v) is 6.87. The molecule has 0 spiro atoms. The number of aliphatic hydroxyl groups is 1. The Balaban J connectivity index is 2.25. The van der Waals surface area contributed by atoms with Crippen molar-refractivity contribution in [1.29, 1.82) is 0 Å². The zero-order valence-electron chi connectivity index (χ0n) is 11.6. The van der Waals surface area contributed by atoms with Gasteiger partial charge in [-0.1, -0.05) is 32.4 Å². The van der Waals surface area contributed by atoms with Crippen LogP contribution in [0, 0.1) is 5.92 Å². The fourth-order valence-corrected chi connectivity index (χ4v) is 2.20. The van der Waals surface area contributed by atoms with Crippen LogP contribution >= 0.6 is 0 Å². The van der Waals surface area contributed by atoms with Crippen molar-refractivity contribution in [1.82, 2.24) is 4.98 Å². The van der Waals surface area contributed by atoms with Crippen LogP contribution in [-0.2, 0) is 6.61 Å². The summed E-state index contributed by atoms with van der Waals surface area (Å²) in [7, 11) is 0. The standard InChI is InChI=1S/C16H21NO2/c1-3-6-12(2)11-19-16-9-13(10-18)17-15-8-5-4-7-14(15)16/h4-5,7-9,12,18H,3,6,10-11H2,1-2H3. The molecule has 0 aliphatic rings. The van der Waals surface area contributed by atoms with E-state index in [9.17, 15) is 5.11 Å². The molecule has 0 saturated heterocycles. The molecule has 1 atom stereocenters. The summed E-state index contributed by atoms with van der Waals surface area (Å²) in [5, 5.41) is 10.3. The van der Waals surface area contributed by atoms with Crippen LogP contribution < -0.4 is 4.74 Å². The molecule has 1 N–H and O–H groups in total. The van der Waals surface area contributed by atoms with Crippen molar-refractivity contribution in [3.63, 3.8) is 0 Å². The summed E-state index contributed by atoms with van der Waals surface area (Å²) < 4.78 is 5.92. The van der Waals surface area contributed by atoms with Gasteiger partial charge in [0.1, 0.15) is 5.75 Å². The van der Waals surface area contributed by atoms with Gasteiger partial charge in [0, 0.05) is 11.5 Å². The van der Waals surface area contributed by atoms with Crippen LogP contribution in [0.3, 0.4) is 0 Å². The van der Waals surface area contributed by atoms with Gasteiger partial charge in [-0.15, -0.1) is 0 Å². The molecule has 0 aliphatic carbocycles. The number of fused-ring (bicyclic) bond motifs is 1. The lowest BCUT2D eigenvalue weighted by Crippen LogP contribution is -2.09. The molecule has 2 aromatic rings. The highest BCUT2D eigenvalue weighted by molar-refractivity contribution is 5.85. The molecule has 102 valence electrons. The fraction of sp³-hybridized carbons (Fsp3) is 0.438. The smallest absolute Gasteiger partial charge is 0.130 e. The van der Waals surface area contributed by atoms with Crippen molar-refractivity contribution < 1.29 is 9.84 Å². The van der Waals surface area contributed by atoms with Gasteiger partial charge in [-0.05, 0) is 24.5 Å². The van der Waals surface area contributed by atoms with Crippen molar-refractivity contribution in [2.45, 2.75) is 33.3 Å². The molecule has 1 aromatic carbocycles. The molecule has 3 heteroatoms. The molecule has 1 unspecified atom stereocenters. The average molecular weight is 259 g/mol. The summed E-state index contributed by atoms with van der Waals surface area (Å²) in [4.78, 5) is 4.39. The number of hydrogen-bond donors (Lipinski definition) is 1. The van der Waals surface area contributed by atoms with E-state index in [4.69, 9.17) is 4.74 Å². The van der Waals surface area contributed by atoms with Crippen LogP contribution in [0.1, 0.15) is 32.4 Å². The van der Waals surface area contributed by atoms with Gasteiger partial charge in [-0.2, -0.15) is 0 Å². The first-order valence-electron chi connectivity index (χ1n) is 6.87. The maximum Gasteiger partial charge on any atom is 0.130 e. The van der Waals surface area contributed by atoms with Crippen molar-refractivity contribution in [2.75, 3.05) is 6.61 Å². The molecular formula is C16H21NO2. The fourth-order valence-electron chi connectivity index (χ4n) is 2.20. The van der Waals surface area contributed by atoms with E-state index in [1.165, 1.54) is 6.42 Å². The van der Waals surface area contributed by atoms with Crippen molar-refractivity contribution >= 4 is 10.9 Å². The summed E-state index contributed by atoms with van der Waals surface area (Å²) in [6.07, 6.45) is 2.33. The Morgan fingerprint density at radius 2 is 2.11 bits per heavy atom. The highest BCUT2D eigenvalue weighted by Gasteiger charge is 2.08. The molecule has 1 aromatic heterocycles. The molecular weight excluding hydrogens is 238 g/mol. The highest BCUT2D eigenvalue weighted by atomic mass is 16.5. The van der Waals surface area contributed by atoms with Gasteiger partial charge in [-0.3, -0.25) is 4.98 Å². The molecule has 0 aliphatic heterocycles. The SMILES string of the molecule is CCCC(C)COc1cc(CO)nc2ccccc12. The minimum absolute atomic E-state index is 0.0638. The van der Waals surface area contributed by atoms with Crippen LogP contribution in [-0.4, -0.2) is 16.7 Å². The van der Waals surface area contributed by atoms with Crippen molar-refractivity contribution in [3.8, 4) is 5.75 Å². The number of ether oxygens (including phenoxy) is 1. The second kappa shape index (κ2) is 6.53. The van der Waals surface area contributed by atoms with E-state index in [0.29, 0.717) is 18.2 Å². The quantitative estimate of drug-likeness (QED) is 0.862. The first kappa shape index (κ1) is 13.8. The lowest BCUT2D eigenvalue weighted by molar-refractivity contribution is 0.251. The Labute approximate surface area is 114 Å². The number of benzene rings is 1. The van der Waals surface area contributed by atoms with Gasteiger partial charge in [0.25, 0.3) is 0 Å². The lowest BCUT2D eigenvalue weighted by Gasteiger charge is -2.14. The summed E-state index contributed by atoms with van der Waals surface area (Å²) in [5.41, 5.74) is 1.52. The van der Waals surface area contributed by atoms with Crippen molar-refractivity contribution in [2.24, 2.45) is 5.92 Å². The van der Waals surface area contributed by atoms with E-state index in [2.05, 4.69) is 18.8 Å². The van der Waals surface area contributed by atoms with Crippen LogP contribution in [0.5, 0.6) is 5.75 Å². The number of para-hydroxylation sites is 1. The molecule has 1 heterocycles. The minimum Gasteiger partial charge on any atom is -0.493 e. The zero-order chi connectivity index (χ0) is 13.7. The summed E-state index contributed by atoms with van der Waals surface area (Å²) in [6.45, 7) is 5.01. The Morgan fingerprint density at radius 1 is 1.32 bits per heavy atom. The highest BCUT2D eigenvalue weighted by Crippen LogP contribution is 2.26. The third-order valence-corrected chi connectivity index (χ3v) is 3.20. The minimum atomic E-state index is -0.0638.